The van der Waals surface area contributed by atoms with Crippen molar-refractivity contribution in [1.82, 2.24) is 4.90 Å². The fraction of sp³-hybridized carbons (Fsp3) is 0.667. The second-order valence-corrected chi connectivity index (χ2v) is 3.95. The number of carbonyl (C=O) groups is 2. The van der Waals surface area contributed by atoms with Crippen molar-refractivity contribution in [2.45, 2.75) is 33.1 Å². The molecule has 0 aromatic heterocycles. The molecular formula is C12H19NO3. The van der Waals surface area contributed by atoms with E-state index >= 15 is 0 Å². The molecule has 0 fully saturated rings. The zero-order chi connectivity index (χ0) is 12.0. The molecule has 4 nitrogen and oxygen atoms in total. The largest absolute Gasteiger partial charge is 0.466 e. The van der Waals surface area contributed by atoms with E-state index in [0.717, 1.165) is 13.0 Å². The van der Waals surface area contributed by atoms with Crippen LogP contribution in [0.1, 0.15) is 33.1 Å². The van der Waals surface area contributed by atoms with Crippen LogP contribution in [0.5, 0.6) is 0 Å². The Balaban J connectivity index is 2.28. The van der Waals surface area contributed by atoms with E-state index in [1.165, 1.54) is 5.57 Å². The predicted octanol–water partition coefficient (Wildman–Crippen LogP) is 1.51. The van der Waals surface area contributed by atoms with Gasteiger partial charge in [-0.2, -0.15) is 0 Å². The van der Waals surface area contributed by atoms with Crippen molar-refractivity contribution in [1.29, 1.82) is 0 Å². The van der Waals surface area contributed by atoms with Crippen molar-refractivity contribution < 1.29 is 14.3 Å². The lowest BCUT2D eigenvalue weighted by Crippen LogP contribution is -2.34. The zero-order valence-electron chi connectivity index (χ0n) is 9.99. The number of nitrogens with zero attached hydrogens (tertiary/aromatic N) is 1. The minimum Gasteiger partial charge on any atom is -0.466 e. The third kappa shape index (κ3) is 4.04. The molecule has 16 heavy (non-hydrogen) atoms. The van der Waals surface area contributed by atoms with Gasteiger partial charge in [-0.25, -0.2) is 0 Å². The van der Waals surface area contributed by atoms with Gasteiger partial charge in [0, 0.05) is 19.5 Å². The van der Waals surface area contributed by atoms with Crippen molar-refractivity contribution in [3.05, 3.63) is 11.6 Å². The van der Waals surface area contributed by atoms with Crippen LogP contribution in [0.3, 0.4) is 0 Å². The number of esters is 1. The third-order valence-electron chi connectivity index (χ3n) is 2.64. The topological polar surface area (TPSA) is 46.6 Å². The van der Waals surface area contributed by atoms with Gasteiger partial charge in [-0.3, -0.25) is 9.59 Å². The maximum Gasteiger partial charge on any atom is 0.306 e. The summed E-state index contributed by atoms with van der Waals surface area (Å²) in [6.45, 7) is 5.65. The Morgan fingerprint density at radius 2 is 2.19 bits per heavy atom. The average Bonchev–Trinajstić information content (AvgIpc) is 2.27. The monoisotopic (exact) mass is 225 g/mol. The smallest absolute Gasteiger partial charge is 0.306 e. The molecule has 0 aliphatic carbocycles. The quantitative estimate of drug-likeness (QED) is 0.538. The lowest BCUT2D eigenvalue weighted by Gasteiger charge is -2.25. The van der Waals surface area contributed by atoms with Crippen LogP contribution in [0.25, 0.3) is 0 Å². The van der Waals surface area contributed by atoms with Gasteiger partial charge in [0.05, 0.1) is 13.0 Å². The molecule has 1 aliphatic heterocycles. The summed E-state index contributed by atoms with van der Waals surface area (Å²) in [4.78, 5) is 24.6. The van der Waals surface area contributed by atoms with Gasteiger partial charge in [0.25, 0.3) is 0 Å². The number of rotatable bonds is 4. The molecule has 0 aromatic carbocycles. The molecule has 0 saturated heterocycles. The number of ether oxygens (including phenoxy) is 1. The van der Waals surface area contributed by atoms with Crippen molar-refractivity contribution in [2.75, 3.05) is 19.7 Å². The molecule has 0 N–H and O–H groups in total. The summed E-state index contributed by atoms with van der Waals surface area (Å²) < 4.78 is 4.78. The molecule has 0 spiro atoms. The van der Waals surface area contributed by atoms with Gasteiger partial charge in [-0.1, -0.05) is 11.6 Å². The van der Waals surface area contributed by atoms with Gasteiger partial charge in [0.1, 0.15) is 0 Å². The Morgan fingerprint density at radius 3 is 2.75 bits per heavy atom. The SMILES string of the molecule is CCOC(=O)CCC(=O)N1CC=C(C)CC1. The van der Waals surface area contributed by atoms with E-state index in [-0.39, 0.29) is 24.7 Å². The van der Waals surface area contributed by atoms with Crippen LogP contribution in [0.15, 0.2) is 11.6 Å². The highest BCUT2D eigenvalue weighted by Crippen LogP contribution is 2.11. The van der Waals surface area contributed by atoms with E-state index in [9.17, 15) is 9.59 Å². The average molecular weight is 225 g/mol. The highest BCUT2D eigenvalue weighted by molar-refractivity contribution is 5.81. The Kier molecular flexibility index (Phi) is 5.02. The first-order valence-electron chi connectivity index (χ1n) is 5.72. The Morgan fingerprint density at radius 1 is 1.44 bits per heavy atom. The second-order valence-electron chi connectivity index (χ2n) is 3.95. The van der Waals surface area contributed by atoms with Crippen LogP contribution in [0, 0.1) is 0 Å². The first-order valence-corrected chi connectivity index (χ1v) is 5.72. The minimum atomic E-state index is -0.292. The molecule has 0 bridgehead atoms. The van der Waals surface area contributed by atoms with Crippen molar-refractivity contribution in [2.24, 2.45) is 0 Å². The van der Waals surface area contributed by atoms with E-state index in [1.54, 1.807) is 11.8 Å². The summed E-state index contributed by atoms with van der Waals surface area (Å²) in [5.41, 5.74) is 1.33. The van der Waals surface area contributed by atoms with Gasteiger partial charge in [0.15, 0.2) is 0 Å². The van der Waals surface area contributed by atoms with Crippen LogP contribution in [-0.2, 0) is 14.3 Å². The standard InChI is InChI=1S/C12H19NO3/c1-3-16-12(15)5-4-11(14)13-8-6-10(2)7-9-13/h6H,3-5,7-9H2,1-2H3. The normalized spacial score (nSPS) is 15.6. The lowest BCUT2D eigenvalue weighted by molar-refractivity contribution is -0.145. The molecule has 0 unspecified atom stereocenters. The van der Waals surface area contributed by atoms with Gasteiger partial charge >= 0.3 is 5.97 Å². The number of hydrogen-bond acceptors (Lipinski definition) is 3. The lowest BCUT2D eigenvalue weighted by atomic mass is 10.1. The highest BCUT2D eigenvalue weighted by Gasteiger charge is 2.16. The second kappa shape index (κ2) is 6.30. The zero-order valence-corrected chi connectivity index (χ0v) is 9.99. The summed E-state index contributed by atoms with van der Waals surface area (Å²) in [6.07, 6.45) is 3.44. The van der Waals surface area contributed by atoms with Crippen LogP contribution in [-0.4, -0.2) is 36.5 Å². The van der Waals surface area contributed by atoms with Crippen LogP contribution in [0.2, 0.25) is 0 Å². The fourth-order valence-corrected chi connectivity index (χ4v) is 1.60. The van der Waals surface area contributed by atoms with Gasteiger partial charge in [-0.05, 0) is 20.3 Å². The highest BCUT2D eigenvalue weighted by atomic mass is 16.5. The first-order chi connectivity index (χ1) is 7.63. The molecule has 0 saturated carbocycles. The molecule has 90 valence electrons. The first kappa shape index (κ1) is 12.7. The molecule has 4 heteroatoms. The van der Waals surface area contributed by atoms with Gasteiger partial charge in [-0.15, -0.1) is 0 Å². The molecule has 1 aliphatic rings. The van der Waals surface area contributed by atoms with E-state index in [1.807, 2.05) is 0 Å². The Labute approximate surface area is 96.3 Å². The number of amides is 1. The molecule has 0 atom stereocenters. The molecule has 1 rings (SSSR count). The minimum absolute atomic E-state index is 0.0387. The van der Waals surface area contributed by atoms with Crippen molar-refractivity contribution in [3.63, 3.8) is 0 Å². The third-order valence-corrected chi connectivity index (χ3v) is 2.64. The maximum absolute atomic E-state index is 11.7. The van der Waals surface area contributed by atoms with E-state index in [2.05, 4.69) is 13.0 Å². The van der Waals surface area contributed by atoms with Crippen molar-refractivity contribution >= 4 is 11.9 Å². The molecular weight excluding hydrogens is 206 g/mol. The van der Waals surface area contributed by atoms with Gasteiger partial charge in [0.2, 0.25) is 5.91 Å². The maximum atomic E-state index is 11.7. The fourth-order valence-electron chi connectivity index (χ4n) is 1.60. The van der Waals surface area contributed by atoms with Crippen LogP contribution >= 0.6 is 0 Å². The van der Waals surface area contributed by atoms with E-state index < -0.39 is 0 Å². The number of carbonyl (C=O) groups excluding carboxylic acids is 2. The molecule has 1 heterocycles. The summed E-state index contributed by atoms with van der Waals surface area (Å²) in [6, 6.07) is 0. The number of hydrogen-bond donors (Lipinski definition) is 0. The van der Waals surface area contributed by atoms with Crippen LogP contribution in [0.4, 0.5) is 0 Å². The van der Waals surface area contributed by atoms with Crippen molar-refractivity contribution in [3.8, 4) is 0 Å². The van der Waals surface area contributed by atoms with E-state index in [4.69, 9.17) is 4.74 Å². The summed E-state index contributed by atoms with van der Waals surface area (Å²) in [5, 5.41) is 0. The molecule has 1 amide bonds. The molecule has 0 radical (unpaired) electrons. The molecule has 0 aromatic rings. The summed E-state index contributed by atoms with van der Waals surface area (Å²) in [7, 11) is 0. The Hall–Kier alpha value is -1.32. The Bertz CT molecular complexity index is 297. The van der Waals surface area contributed by atoms with E-state index in [0.29, 0.717) is 13.2 Å². The predicted molar refractivity (Wildman–Crippen MR) is 60.8 cm³/mol. The van der Waals surface area contributed by atoms with Gasteiger partial charge < -0.3 is 9.64 Å². The van der Waals surface area contributed by atoms with Crippen LogP contribution < -0.4 is 0 Å². The summed E-state index contributed by atoms with van der Waals surface area (Å²) in [5.74, 6) is -0.253. The summed E-state index contributed by atoms with van der Waals surface area (Å²) >= 11 is 0.